The Hall–Kier alpha value is -2.90. The van der Waals surface area contributed by atoms with Gasteiger partial charge in [-0.15, -0.1) is 0 Å². The molecule has 0 saturated heterocycles. The van der Waals surface area contributed by atoms with Gasteiger partial charge in [0.15, 0.2) is 0 Å². The van der Waals surface area contributed by atoms with E-state index in [1.807, 2.05) is 28.5 Å². The van der Waals surface area contributed by atoms with Crippen LogP contribution in [0.3, 0.4) is 0 Å². The average molecular weight is 400 g/mol. The molecule has 0 radical (unpaired) electrons. The molecule has 1 aromatic carbocycles. The van der Waals surface area contributed by atoms with Crippen molar-refractivity contribution in [3.05, 3.63) is 59.5 Å². The zero-order chi connectivity index (χ0) is 20.1. The fourth-order valence-electron chi connectivity index (χ4n) is 2.85. The zero-order valence-electron chi connectivity index (χ0n) is 15.8. The van der Waals surface area contributed by atoms with Gasteiger partial charge in [-0.1, -0.05) is 18.5 Å². The van der Waals surface area contributed by atoms with Crippen molar-refractivity contribution in [2.75, 3.05) is 23.7 Å². The minimum absolute atomic E-state index is 0.110. The second kappa shape index (κ2) is 8.86. The number of nitrogens with zero attached hydrogens (tertiary/aromatic N) is 3. The maximum absolute atomic E-state index is 12.4. The van der Waals surface area contributed by atoms with Crippen molar-refractivity contribution < 1.29 is 9.59 Å². The van der Waals surface area contributed by atoms with Gasteiger partial charge in [-0.2, -0.15) is 0 Å². The van der Waals surface area contributed by atoms with Gasteiger partial charge in [-0.3, -0.25) is 14.5 Å². The molecule has 3 rings (SSSR count). The van der Waals surface area contributed by atoms with E-state index in [0.717, 1.165) is 11.3 Å². The molecule has 0 unspecified atom stereocenters. The van der Waals surface area contributed by atoms with Crippen molar-refractivity contribution >= 4 is 40.4 Å². The Morgan fingerprint density at radius 1 is 1.07 bits per heavy atom. The van der Waals surface area contributed by atoms with Crippen molar-refractivity contribution in [2.45, 2.75) is 20.4 Å². The van der Waals surface area contributed by atoms with Gasteiger partial charge in [0.1, 0.15) is 5.65 Å². The number of pyridine rings is 1. The molecule has 0 spiro atoms. The molecule has 146 valence electrons. The summed E-state index contributed by atoms with van der Waals surface area (Å²) in [5.74, 6) is -0.245. The average Bonchev–Trinajstić information content (AvgIpc) is 3.03. The fourth-order valence-corrected chi connectivity index (χ4v) is 3.01. The Bertz CT molecular complexity index is 984. The molecule has 0 fully saturated rings. The summed E-state index contributed by atoms with van der Waals surface area (Å²) in [6, 6.07) is 10.7. The monoisotopic (exact) mass is 399 g/mol. The minimum Gasteiger partial charge on any atom is -0.326 e. The number of aromatic nitrogens is 2. The van der Waals surface area contributed by atoms with Crippen molar-refractivity contribution in [3.8, 4) is 0 Å². The Balaban J connectivity index is 1.58. The highest BCUT2D eigenvalue weighted by Gasteiger charge is 2.12. The van der Waals surface area contributed by atoms with Crippen LogP contribution in [0, 0.1) is 0 Å². The van der Waals surface area contributed by atoms with Gasteiger partial charge in [0.05, 0.1) is 17.3 Å². The second-order valence-electron chi connectivity index (χ2n) is 6.46. The van der Waals surface area contributed by atoms with Gasteiger partial charge in [0, 0.05) is 37.2 Å². The number of imidazole rings is 1. The summed E-state index contributed by atoms with van der Waals surface area (Å²) in [6.07, 6.45) is 3.73. The highest BCUT2D eigenvalue weighted by Crippen LogP contribution is 2.15. The molecular weight excluding hydrogens is 378 g/mol. The van der Waals surface area contributed by atoms with Crippen molar-refractivity contribution in [1.29, 1.82) is 0 Å². The van der Waals surface area contributed by atoms with E-state index in [2.05, 4.69) is 15.6 Å². The van der Waals surface area contributed by atoms with Crippen LogP contribution in [0.25, 0.3) is 5.65 Å². The standard InChI is InChI=1S/C20H22ClN5O2/c1-3-25(11-18-12-26-10-15(21)4-9-19(26)23-18)13-20(28)24-17-7-5-16(6-8-17)22-14(2)27/h4-10,12H,3,11,13H2,1-2H3,(H,22,27)(H,24,28). The summed E-state index contributed by atoms with van der Waals surface area (Å²) in [5.41, 5.74) is 3.06. The topological polar surface area (TPSA) is 78.7 Å². The van der Waals surface area contributed by atoms with Gasteiger partial charge >= 0.3 is 0 Å². The number of benzene rings is 1. The molecule has 0 aliphatic heterocycles. The molecule has 2 aromatic heterocycles. The number of fused-ring (bicyclic) bond motifs is 1. The lowest BCUT2D eigenvalue weighted by atomic mass is 10.2. The van der Waals surface area contributed by atoms with Crippen molar-refractivity contribution in [3.63, 3.8) is 0 Å². The Morgan fingerprint density at radius 3 is 2.39 bits per heavy atom. The first-order valence-electron chi connectivity index (χ1n) is 8.96. The fraction of sp³-hybridized carbons (Fsp3) is 0.250. The molecule has 0 atom stereocenters. The SMILES string of the molecule is CCN(CC(=O)Nc1ccc(NC(C)=O)cc1)Cc1cn2cc(Cl)ccc2n1. The van der Waals surface area contributed by atoms with Gasteiger partial charge in [-0.25, -0.2) is 4.98 Å². The van der Waals surface area contributed by atoms with Crippen LogP contribution in [0.4, 0.5) is 11.4 Å². The quantitative estimate of drug-likeness (QED) is 0.638. The van der Waals surface area contributed by atoms with Crippen molar-refractivity contribution in [2.24, 2.45) is 0 Å². The molecule has 7 nitrogen and oxygen atoms in total. The third kappa shape index (κ3) is 5.31. The van der Waals surface area contributed by atoms with Crippen LogP contribution in [0.1, 0.15) is 19.5 Å². The summed E-state index contributed by atoms with van der Waals surface area (Å²) in [7, 11) is 0. The Labute approximate surface area is 168 Å². The summed E-state index contributed by atoms with van der Waals surface area (Å²) < 4.78 is 1.88. The van der Waals surface area contributed by atoms with Crippen LogP contribution in [0.5, 0.6) is 0 Å². The highest BCUT2D eigenvalue weighted by atomic mass is 35.5. The predicted molar refractivity (Wildman–Crippen MR) is 111 cm³/mol. The number of carbonyl (C=O) groups excluding carboxylic acids is 2. The number of nitrogens with one attached hydrogen (secondary N) is 2. The van der Waals surface area contributed by atoms with Crippen LogP contribution < -0.4 is 10.6 Å². The number of anilines is 2. The van der Waals surface area contributed by atoms with Gasteiger partial charge < -0.3 is 15.0 Å². The van der Waals surface area contributed by atoms with Gasteiger partial charge in [-0.05, 0) is 42.9 Å². The maximum Gasteiger partial charge on any atom is 0.238 e. The molecule has 8 heteroatoms. The van der Waals surface area contributed by atoms with Gasteiger partial charge in [0.2, 0.25) is 11.8 Å². The molecule has 0 aliphatic rings. The number of halogens is 1. The lowest BCUT2D eigenvalue weighted by Gasteiger charge is -2.18. The summed E-state index contributed by atoms with van der Waals surface area (Å²) in [6.45, 7) is 4.97. The number of likely N-dealkylation sites (N-methyl/N-ethyl adjacent to an activating group) is 1. The van der Waals surface area contributed by atoms with Gasteiger partial charge in [0.25, 0.3) is 0 Å². The Kier molecular flexibility index (Phi) is 6.28. The van der Waals surface area contributed by atoms with E-state index in [4.69, 9.17) is 11.6 Å². The minimum atomic E-state index is -0.135. The third-order valence-electron chi connectivity index (χ3n) is 4.15. The van der Waals surface area contributed by atoms with Crippen LogP contribution in [-0.4, -0.2) is 39.2 Å². The van der Waals surface area contributed by atoms with Crippen LogP contribution >= 0.6 is 11.6 Å². The highest BCUT2D eigenvalue weighted by molar-refractivity contribution is 6.30. The van der Waals surface area contributed by atoms with E-state index in [1.165, 1.54) is 6.92 Å². The maximum atomic E-state index is 12.4. The molecule has 0 bridgehead atoms. The van der Waals surface area contributed by atoms with E-state index < -0.39 is 0 Å². The molecule has 0 aliphatic carbocycles. The first-order valence-corrected chi connectivity index (χ1v) is 9.33. The van der Waals surface area contributed by atoms with Crippen LogP contribution in [0.2, 0.25) is 5.02 Å². The molecule has 2 amide bonds. The molecule has 28 heavy (non-hydrogen) atoms. The molecule has 2 N–H and O–H groups in total. The zero-order valence-corrected chi connectivity index (χ0v) is 16.5. The van der Waals surface area contributed by atoms with Crippen LogP contribution in [-0.2, 0) is 16.1 Å². The lowest BCUT2D eigenvalue weighted by Crippen LogP contribution is -2.32. The Morgan fingerprint density at radius 2 is 1.75 bits per heavy atom. The van der Waals surface area contributed by atoms with E-state index in [-0.39, 0.29) is 18.4 Å². The smallest absolute Gasteiger partial charge is 0.238 e. The van der Waals surface area contributed by atoms with E-state index >= 15 is 0 Å². The normalized spacial score (nSPS) is 11.0. The largest absolute Gasteiger partial charge is 0.326 e. The first-order chi connectivity index (χ1) is 13.4. The predicted octanol–water partition coefficient (Wildman–Crippen LogP) is 3.41. The number of rotatable bonds is 7. The van der Waals surface area contributed by atoms with E-state index in [0.29, 0.717) is 29.5 Å². The summed E-state index contributed by atoms with van der Waals surface area (Å²) in [4.78, 5) is 30.0. The summed E-state index contributed by atoms with van der Waals surface area (Å²) >= 11 is 6.01. The first kappa shape index (κ1) is 19.9. The summed E-state index contributed by atoms with van der Waals surface area (Å²) in [5, 5.41) is 6.21. The number of hydrogen-bond donors (Lipinski definition) is 2. The lowest BCUT2D eigenvalue weighted by molar-refractivity contribution is -0.117. The van der Waals surface area contributed by atoms with Crippen molar-refractivity contribution in [1.82, 2.24) is 14.3 Å². The molecular formula is C20H22ClN5O2. The number of hydrogen-bond acceptors (Lipinski definition) is 4. The second-order valence-corrected chi connectivity index (χ2v) is 6.89. The molecule has 2 heterocycles. The van der Waals surface area contributed by atoms with E-state index in [1.54, 1.807) is 36.5 Å². The third-order valence-corrected chi connectivity index (χ3v) is 4.38. The van der Waals surface area contributed by atoms with E-state index in [9.17, 15) is 9.59 Å². The number of carbonyl (C=O) groups is 2. The van der Waals surface area contributed by atoms with Crippen LogP contribution in [0.15, 0.2) is 48.8 Å². The number of amides is 2. The molecule has 0 saturated carbocycles. The molecule has 3 aromatic rings.